The molecule has 1 saturated carbocycles. The van der Waals surface area contributed by atoms with Gasteiger partial charge in [0.15, 0.2) is 0 Å². The lowest BCUT2D eigenvalue weighted by Crippen LogP contribution is -2.42. The van der Waals surface area contributed by atoms with E-state index in [0.717, 1.165) is 18.4 Å². The molecule has 14 heteroatoms. The van der Waals surface area contributed by atoms with Crippen molar-refractivity contribution in [1.29, 1.82) is 0 Å². The van der Waals surface area contributed by atoms with Crippen molar-refractivity contribution >= 4 is 51.1 Å². The van der Waals surface area contributed by atoms with Crippen molar-refractivity contribution in [2.24, 2.45) is 0 Å². The summed E-state index contributed by atoms with van der Waals surface area (Å²) in [5.74, 6) is -0.771. The number of nitrogens with zero attached hydrogens (tertiary/aromatic N) is 1. The molecule has 1 aliphatic carbocycles. The van der Waals surface area contributed by atoms with Crippen LogP contribution in [0.5, 0.6) is 5.75 Å². The van der Waals surface area contributed by atoms with Crippen molar-refractivity contribution in [3.05, 3.63) is 115 Å². The molecule has 0 spiro atoms. The number of benzene rings is 2. The van der Waals surface area contributed by atoms with Crippen LogP contribution in [0.4, 0.5) is 10.4 Å². The molecule has 0 saturated heterocycles. The number of hydrogen-bond acceptors (Lipinski definition) is 11. The Morgan fingerprint density at radius 1 is 0.981 bits per heavy atom. The number of carbonyl (C=O) groups excluding carboxylic acids is 2. The minimum absolute atomic E-state index is 0. The van der Waals surface area contributed by atoms with Gasteiger partial charge in [-0.1, -0.05) is 30.3 Å². The number of aromatic hydroxyl groups is 1. The second-order valence-electron chi connectivity index (χ2n) is 12.9. The summed E-state index contributed by atoms with van der Waals surface area (Å²) in [5.41, 5.74) is 0.425. The highest BCUT2D eigenvalue weighted by Gasteiger charge is 2.45. The van der Waals surface area contributed by atoms with Crippen molar-refractivity contribution in [2.75, 3.05) is 25.5 Å². The number of nitrogens with one attached hydrogen (secondary N) is 3. The third kappa shape index (κ3) is 8.95. The number of pyridine rings is 1. The third-order valence-electron chi connectivity index (χ3n) is 9.45. The van der Waals surface area contributed by atoms with E-state index in [0.29, 0.717) is 64.3 Å². The summed E-state index contributed by atoms with van der Waals surface area (Å²) in [6.07, 6.45) is 2.23. The molecule has 1 aliphatic rings. The molecule has 0 unspecified atom stereocenters. The lowest BCUT2D eigenvalue weighted by atomic mass is 9.91. The number of fused-ring (bicyclic) bond motifs is 1. The molecule has 5 aromatic rings. The quantitative estimate of drug-likeness (QED) is 0.0818. The smallest absolute Gasteiger partial charge is 0.349 e. The van der Waals surface area contributed by atoms with E-state index in [-0.39, 0.29) is 40.6 Å². The first-order valence-corrected chi connectivity index (χ1v) is 18.7. The highest BCUT2D eigenvalue weighted by atomic mass is 32.1. The predicted molar refractivity (Wildman–Crippen MR) is 201 cm³/mol. The fourth-order valence-electron chi connectivity index (χ4n) is 6.53. The van der Waals surface area contributed by atoms with Crippen molar-refractivity contribution < 1.29 is 34.3 Å². The molecule has 11 nitrogen and oxygen atoms in total. The van der Waals surface area contributed by atoms with E-state index in [1.165, 1.54) is 34.8 Å². The number of aromatic amines is 1. The van der Waals surface area contributed by atoms with Gasteiger partial charge in [0, 0.05) is 49.2 Å². The van der Waals surface area contributed by atoms with Crippen LogP contribution in [-0.4, -0.2) is 69.4 Å². The fraction of sp³-hybridized carbons (Fsp3) is 0.342. The summed E-state index contributed by atoms with van der Waals surface area (Å²) in [4.78, 5) is 43.7. The summed E-state index contributed by atoms with van der Waals surface area (Å²) in [6.45, 7) is 1.34. The molecule has 3 heterocycles. The number of carbonyl (C=O) groups is 2. The van der Waals surface area contributed by atoms with Gasteiger partial charge >= 0.3 is 5.97 Å². The summed E-state index contributed by atoms with van der Waals surface area (Å²) in [6, 6.07) is 21.0. The molecule has 0 bridgehead atoms. The van der Waals surface area contributed by atoms with E-state index in [1.54, 1.807) is 24.3 Å². The van der Waals surface area contributed by atoms with Crippen molar-refractivity contribution in [2.45, 2.75) is 62.5 Å². The Bertz CT molecular complexity index is 1940. The number of aliphatic hydroxyl groups excluding tert-OH is 1. The van der Waals surface area contributed by atoms with Crippen LogP contribution in [0.1, 0.15) is 59.1 Å². The Balaban J connectivity index is 0.00000523. The molecule has 6 N–H and O–H groups in total. The zero-order valence-electron chi connectivity index (χ0n) is 28.6. The second-order valence-corrected chi connectivity index (χ2v) is 14.8. The molecule has 0 radical (unpaired) electrons. The van der Waals surface area contributed by atoms with E-state index in [2.05, 4.69) is 20.5 Å². The Labute approximate surface area is 308 Å². The largest absolute Gasteiger partial charge is 0.506 e. The SMILES string of the molecule is CN(CCC(=O)Nc1ccc(CNC[C@H](O)c2ccc(O)c3[nH]c(=O)ccc23)cc1)[C@H]1CC[C@H](OC(=O)C(O)(c2cccs2)c2cccs2)CC1.F. The van der Waals surface area contributed by atoms with Gasteiger partial charge in [-0.25, -0.2) is 4.79 Å². The summed E-state index contributed by atoms with van der Waals surface area (Å²) in [5, 5.41) is 42.8. The van der Waals surface area contributed by atoms with Crippen LogP contribution in [0, 0.1) is 0 Å². The molecular formula is C38H43FN4O7S2. The third-order valence-corrected chi connectivity index (χ3v) is 11.4. The number of H-pyrrole nitrogens is 1. The van der Waals surface area contributed by atoms with Gasteiger partial charge in [-0.3, -0.25) is 14.3 Å². The average molecular weight is 751 g/mol. The monoisotopic (exact) mass is 750 g/mol. The van der Waals surface area contributed by atoms with Crippen LogP contribution in [0.15, 0.2) is 88.4 Å². The number of ether oxygens (including phenoxy) is 1. The highest BCUT2D eigenvalue weighted by Crippen LogP contribution is 2.38. The first-order chi connectivity index (χ1) is 24.6. The lowest BCUT2D eigenvalue weighted by Gasteiger charge is -2.35. The summed E-state index contributed by atoms with van der Waals surface area (Å²) < 4.78 is 5.89. The Kier molecular flexibility index (Phi) is 13.0. The van der Waals surface area contributed by atoms with Gasteiger partial charge in [0.05, 0.1) is 21.4 Å². The molecule has 1 amide bonds. The van der Waals surface area contributed by atoms with E-state index in [9.17, 15) is 29.7 Å². The molecule has 52 heavy (non-hydrogen) atoms. The number of aliphatic hydroxyl groups is 2. The van der Waals surface area contributed by atoms with Crippen molar-refractivity contribution in [1.82, 2.24) is 15.2 Å². The zero-order chi connectivity index (χ0) is 36.0. The van der Waals surface area contributed by atoms with Crippen LogP contribution in [0.2, 0.25) is 0 Å². The Hall–Kier alpha value is -4.44. The molecule has 276 valence electrons. The molecule has 0 aliphatic heterocycles. The molecule has 3 aromatic heterocycles. The standard InChI is InChI=1S/C38H42N4O7S2.FH/c1-42(26-10-12-27(13-11-26)49-37(47)38(48,32-4-2-20-50-32)33-5-3-21-51-33)19-18-35(46)40-25-8-6-24(7-9-25)22-39-23-31(44)28-14-16-30(43)36-29(28)15-17-34(45)41-36;/h2-9,14-17,20-21,26-27,31,39,43-44,48H,10-13,18-19,22-23H2,1H3,(H,40,46)(H,41,45);1H/t26-,27-,31-;/m0./s1. The topological polar surface area (TPSA) is 164 Å². The number of thiophene rings is 2. The number of hydrogen-bond donors (Lipinski definition) is 6. The number of halogens is 1. The maximum Gasteiger partial charge on any atom is 0.349 e. The van der Waals surface area contributed by atoms with Gasteiger partial charge in [-0.15, -0.1) is 22.7 Å². The Morgan fingerprint density at radius 2 is 1.65 bits per heavy atom. The van der Waals surface area contributed by atoms with E-state index in [1.807, 2.05) is 54.2 Å². The minimum Gasteiger partial charge on any atom is -0.506 e. The number of phenols is 1. The van der Waals surface area contributed by atoms with E-state index < -0.39 is 17.7 Å². The maximum absolute atomic E-state index is 13.3. The number of rotatable bonds is 14. The Morgan fingerprint density at radius 3 is 2.29 bits per heavy atom. The highest BCUT2D eigenvalue weighted by molar-refractivity contribution is 7.12. The average Bonchev–Trinajstić information content (AvgIpc) is 3.88. The molecule has 6 rings (SSSR count). The first kappa shape index (κ1) is 38.8. The number of amides is 1. The summed E-state index contributed by atoms with van der Waals surface area (Å²) >= 11 is 2.66. The zero-order valence-corrected chi connectivity index (χ0v) is 30.3. The van der Waals surface area contributed by atoms with Crippen LogP contribution in [-0.2, 0) is 26.5 Å². The van der Waals surface area contributed by atoms with Crippen LogP contribution >= 0.6 is 22.7 Å². The van der Waals surface area contributed by atoms with Gasteiger partial charge in [0.2, 0.25) is 17.1 Å². The molecular weight excluding hydrogens is 708 g/mol. The first-order valence-electron chi connectivity index (χ1n) is 17.0. The van der Waals surface area contributed by atoms with Gasteiger partial charge in [-0.05, 0) is 91.0 Å². The number of anilines is 1. The maximum atomic E-state index is 13.3. The fourth-order valence-corrected chi connectivity index (χ4v) is 8.25. The number of esters is 1. The predicted octanol–water partition coefficient (Wildman–Crippen LogP) is 5.38. The molecule has 1 atom stereocenters. The van der Waals surface area contributed by atoms with Crippen LogP contribution in [0.25, 0.3) is 10.9 Å². The molecule has 2 aromatic carbocycles. The normalized spacial score (nSPS) is 16.7. The van der Waals surface area contributed by atoms with Crippen molar-refractivity contribution in [3.8, 4) is 5.75 Å². The van der Waals surface area contributed by atoms with Gasteiger partial charge < -0.3 is 40.6 Å². The van der Waals surface area contributed by atoms with Crippen LogP contribution in [0.3, 0.4) is 0 Å². The second kappa shape index (κ2) is 17.4. The van der Waals surface area contributed by atoms with Gasteiger partial charge in [0.1, 0.15) is 11.9 Å². The van der Waals surface area contributed by atoms with E-state index >= 15 is 0 Å². The van der Waals surface area contributed by atoms with Gasteiger partial charge in [0.25, 0.3) is 0 Å². The minimum atomic E-state index is -1.80. The number of aromatic nitrogens is 1. The van der Waals surface area contributed by atoms with Gasteiger partial charge in [-0.2, -0.15) is 0 Å². The lowest BCUT2D eigenvalue weighted by molar-refractivity contribution is -0.169. The van der Waals surface area contributed by atoms with Crippen molar-refractivity contribution in [3.63, 3.8) is 0 Å². The molecule has 1 fully saturated rings. The van der Waals surface area contributed by atoms with E-state index in [4.69, 9.17) is 4.74 Å². The van der Waals surface area contributed by atoms with Crippen LogP contribution < -0.4 is 16.2 Å². The number of phenolic OH excluding ortho intramolecular Hbond substituents is 1. The summed E-state index contributed by atoms with van der Waals surface area (Å²) in [7, 11) is 2.01.